The summed E-state index contributed by atoms with van der Waals surface area (Å²) >= 11 is 0. The summed E-state index contributed by atoms with van der Waals surface area (Å²) in [4.78, 5) is 19.4. The Morgan fingerprint density at radius 1 is 1.03 bits per heavy atom. The smallest absolute Gasteiger partial charge is 0.247 e. The van der Waals surface area contributed by atoms with Gasteiger partial charge >= 0.3 is 0 Å². The first kappa shape index (κ1) is 23.4. The highest BCUT2D eigenvalue weighted by atomic mass is 16.5. The molecule has 7 heteroatoms. The number of para-hydroxylation sites is 1. The summed E-state index contributed by atoms with van der Waals surface area (Å²) < 4.78 is 12.7. The summed E-state index contributed by atoms with van der Waals surface area (Å²) in [5, 5.41) is 4.86. The molecule has 7 nitrogen and oxygen atoms in total. The lowest BCUT2D eigenvalue weighted by Gasteiger charge is -2.23. The van der Waals surface area contributed by atoms with Crippen LogP contribution in [0.15, 0.2) is 85.3 Å². The van der Waals surface area contributed by atoms with E-state index in [0.717, 1.165) is 47.5 Å². The Bertz CT molecular complexity index is 1370. The molecule has 5 rings (SSSR count). The second-order valence-electron chi connectivity index (χ2n) is 8.59. The number of ether oxygens (including phenoxy) is 2. The molecule has 1 amide bonds. The van der Waals surface area contributed by atoms with Gasteiger partial charge in [0.2, 0.25) is 5.91 Å². The Hall–Kier alpha value is -4.39. The lowest BCUT2D eigenvalue weighted by molar-refractivity contribution is -0.126. The van der Waals surface area contributed by atoms with Crippen molar-refractivity contribution in [3.05, 3.63) is 96.5 Å². The van der Waals surface area contributed by atoms with Crippen molar-refractivity contribution in [3.8, 4) is 28.4 Å². The summed E-state index contributed by atoms with van der Waals surface area (Å²) in [7, 11) is 3.22. The van der Waals surface area contributed by atoms with E-state index in [1.807, 2.05) is 88.7 Å². The molecule has 1 aliphatic rings. The quantitative estimate of drug-likeness (QED) is 0.335. The monoisotopic (exact) mass is 480 g/mol. The van der Waals surface area contributed by atoms with Crippen LogP contribution < -0.4 is 9.47 Å². The van der Waals surface area contributed by atoms with Crippen molar-refractivity contribution < 1.29 is 14.3 Å². The summed E-state index contributed by atoms with van der Waals surface area (Å²) in [6, 6.07) is 19.6. The molecule has 4 aromatic rings. The van der Waals surface area contributed by atoms with Crippen LogP contribution in [0.3, 0.4) is 0 Å². The third kappa shape index (κ3) is 4.73. The molecule has 1 fully saturated rings. The van der Waals surface area contributed by atoms with Gasteiger partial charge in [-0.15, -0.1) is 0 Å². The summed E-state index contributed by atoms with van der Waals surface area (Å²) in [5.74, 6) is 1.24. The molecule has 36 heavy (non-hydrogen) atoms. The normalized spacial score (nSPS) is 15.4. The van der Waals surface area contributed by atoms with Crippen LogP contribution in [0.2, 0.25) is 0 Å². The molecule has 2 aromatic carbocycles. The van der Waals surface area contributed by atoms with E-state index < -0.39 is 0 Å². The average molecular weight is 481 g/mol. The number of benzene rings is 2. The van der Waals surface area contributed by atoms with Crippen molar-refractivity contribution in [1.82, 2.24) is 19.7 Å². The van der Waals surface area contributed by atoms with Gasteiger partial charge in [-0.05, 0) is 60.9 Å². The molecule has 3 heterocycles. The number of carbonyl (C=O) groups excluding carboxylic acids is 1. The first-order valence-electron chi connectivity index (χ1n) is 11.9. The topological polar surface area (TPSA) is 69.5 Å². The number of hydrogen-bond acceptors (Lipinski definition) is 5. The third-order valence-electron chi connectivity index (χ3n) is 6.43. The zero-order valence-electron chi connectivity index (χ0n) is 20.4. The van der Waals surface area contributed by atoms with Crippen molar-refractivity contribution in [1.29, 1.82) is 0 Å². The van der Waals surface area contributed by atoms with Gasteiger partial charge in [0.25, 0.3) is 0 Å². The Kier molecular flexibility index (Phi) is 6.80. The second kappa shape index (κ2) is 10.5. The average Bonchev–Trinajstić information content (AvgIpc) is 3.60. The van der Waals surface area contributed by atoms with Crippen molar-refractivity contribution in [2.45, 2.75) is 18.9 Å². The molecular formula is C29H28N4O3. The Morgan fingerprint density at radius 2 is 1.86 bits per heavy atom. The number of amides is 1. The Balaban J connectivity index is 1.49. The van der Waals surface area contributed by atoms with Crippen LogP contribution in [0.25, 0.3) is 23.0 Å². The van der Waals surface area contributed by atoms with Crippen molar-refractivity contribution >= 4 is 12.0 Å². The predicted octanol–water partition coefficient (Wildman–Crippen LogP) is 5.33. The molecule has 1 atom stereocenters. The summed E-state index contributed by atoms with van der Waals surface area (Å²) in [6.45, 7) is 0.731. The van der Waals surface area contributed by atoms with Gasteiger partial charge in [0.1, 0.15) is 5.69 Å². The van der Waals surface area contributed by atoms with E-state index in [2.05, 4.69) is 4.98 Å². The van der Waals surface area contributed by atoms with Crippen LogP contribution in [-0.4, -0.2) is 46.3 Å². The highest BCUT2D eigenvalue weighted by molar-refractivity contribution is 5.93. The molecule has 2 aromatic heterocycles. The number of carbonyl (C=O) groups is 1. The third-order valence-corrected chi connectivity index (χ3v) is 6.43. The highest BCUT2D eigenvalue weighted by Crippen LogP contribution is 2.35. The van der Waals surface area contributed by atoms with E-state index in [1.165, 1.54) is 0 Å². The SMILES string of the molecule is COc1ccc(-c2nn(-c3ccccc3)cc2/C=C/C(=O)N2CCCC2c2cccnc2)cc1OC. The van der Waals surface area contributed by atoms with Crippen LogP contribution in [0, 0.1) is 0 Å². The molecule has 0 spiro atoms. The number of methoxy groups -OCH3 is 2. The number of aromatic nitrogens is 3. The van der Waals surface area contributed by atoms with Gasteiger partial charge in [-0.1, -0.05) is 24.3 Å². The molecule has 0 radical (unpaired) electrons. The van der Waals surface area contributed by atoms with Crippen LogP contribution in [0.5, 0.6) is 11.5 Å². The predicted molar refractivity (Wildman–Crippen MR) is 139 cm³/mol. The standard InChI is InChI=1S/C29H28N4O3/c1-35-26-14-12-21(18-27(26)36-2)29-23(20-33(31-29)24-9-4-3-5-10-24)13-15-28(34)32-17-7-11-25(32)22-8-6-16-30-19-22/h3-6,8-10,12-16,18-20,25H,7,11,17H2,1-2H3/b15-13+. The largest absolute Gasteiger partial charge is 0.493 e. The summed E-state index contributed by atoms with van der Waals surface area (Å²) in [6.07, 6.45) is 10.9. The van der Waals surface area contributed by atoms with E-state index in [1.54, 1.807) is 26.5 Å². The first-order valence-corrected chi connectivity index (χ1v) is 11.9. The van der Waals surface area contributed by atoms with Crippen molar-refractivity contribution in [2.24, 2.45) is 0 Å². The van der Waals surface area contributed by atoms with Gasteiger partial charge < -0.3 is 14.4 Å². The number of likely N-dealkylation sites (tertiary alicyclic amines) is 1. The number of nitrogens with zero attached hydrogens (tertiary/aromatic N) is 4. The minimum Gasteiger partial charge on any atom is -0.493 e. The van der Waals surface area contributed by atoms with Crippen LogP contribution >= 0.6 is 0 Å². The van der Waals surface area contributed by atoms with Gasteiger partial charge in [0, 0.05) is 42.3 Å². The molecule has 1 unspecified atom stereocenters. The fraction of sp³-hybridized carbons (Fsp3) is 0.207. The first-order chi connectivity index (χ1) is 17.7. The molecule has 0 N–H and O–H groups in total. The number of hydrogen-bond donors (Lipinski definition) is 0. The molecule has 1 aliphatic heterocycles. The maximum atomic E-state index is 13.3. The fourth-order valence-corrected chi connectivity index (χ4v) is 4.64. The fourth-order valence-electron chi connectivity index (χ4n) is 4.64. The van der Waals surface area contributed by atoms with Gasteiger partial charge in [-0.3, -0.25) is 9.78 Å². The van der Waals surface area contributed by atoms with Crippen LogP contribution in [0.1, 0.15) is 30.0 Å². The maximum Gasteiger partial charge on any atom is 0.247 e. The van der Waals surface area contributed by atoms with Crippen LogP contribution in [-0.2, 0) is 4.79 Å². The molecule has 0 bridgehead atoms. The van der Waals surface area contributed by atoms with Gasteiger partial charge in [0.05, 0.1) is 25.9 Å². The molecule has 182 valence electrons. The Labute approximate surface area is 210 Å². The minimum atomic E-state index is -0.0212. The van der Waals surface area contributed by atoms with Gasteiger partial charge in [-0.25, -0.2) is 4.68 Å². The second-order valence-corrected chi connectivity index (χ2v) is 8.59. The van der Waals surface area contributed by atoms with Crippen LogP contribution in [0.4, 0.5) is 0 Å². The van der Waals surface area contributed by atoms with E-state index in [-0.39, 0.29) is 11.9 Å². The van der Waals surface area contributed by atoms with Gasteiger partial charge in [0.15, 0.2) is 11.5 Å². The highest BCUT2D eigenvalue weighted by Gasteiger charge is 2.29. The Morgan fingerprint density at radius 3 is 2.61 bits per heavy atom. The lowest BCUT2D eigenvalue weighted by Crippen LogP contribution is -2.28. The minimum absolute atomic E-state index is 0.0212. The molecular weight excluding hydrogens is 452 g/mol. The van der Waals surface area contributed by atoms with E-state index in [0.29, 0.717) is 11.5 Å². The lowest BCUT2D eigenvalue weighted by atomic mass is 10.1. The van der Waals surface area contributed by atoms with E-state index in [9.17, 15) is 4.79 Å². The zero-order valence-corrected chi connectivity index (χ0v) is 20.4. The van der Waals surface area contributed by atoms with E-state index >= 15 is 0 Å². The molecule has 1 saturated heterocycles. The van der Waals surface area contributed by atoms with E-state index in [4.69, 9.17) is 14.6 Å². The van der Waals surface area contributed by atoms with Crippen molar-refractivity contribution in [2.75, 3.05) is 20.8 Å². The van der Waals surface area contributed by atoms with Gasteiger partial charge in [-0.2, -0.15) is 5.10 Å². The number of pyridine rings is 1. The number of rotatable bonds is 7. The molecule has 0 aliphatic carbocycles. The summed E-state index contributed by atoms with van der Waals surface area (Å²) in [5.41, 5.74) is 4.44. The molecule has 0 saturated carbocycles. The zero-order chi connectivity index (χ0) is 24.9. The maximum absolute atomic E-state index is 13.3. The van der Waals surface area contributed by atoms with Crippen molar-refractivity contribution in [3.63, 3.8) is 0 Å².